The van der Waals surface area contributed by atoms with Crippen LogP contribution in [0.4, 0.5) is 0 Å². The lowest BCUT2D eigenvalue weighted by atomic mass is 10.0. The summed E-state index contributed by atoms with van der Waals surface area (Å²) in [5, 5.41) is 36.4. The number of hydrogen-bond donors (Lipinski definition) is 7. The molecule has 0 amide bonds. The number of carbonyl (C=O) groups is 4. The highest BCUT2D eigenvalue weighted by Crippen LogP contribution is 2.11. The summed E-state index contributed by atoms with van der Waals surface area (Å²) in [5.41, 5.74) is 7.24. The molecule has 32 heavy (non-hydrogen) atoms. The Labute approximate surface area is 188 Å². The van der Waals surface area contributed by atoms with Gasteiger partial charge in [0.2, 0.25) is 0 Å². The standard InChI is InChI=1S/C10H21NO3.C5H9NO4.C5H9NO2/c1-6-7(2)8(9(12)13)11-14-10(3,4)5;6-3(5(9)10)1-2-4(7)8;7-5(8)4-2-1-3-6-4/h7-8,11H,6H2,1-5H3,(H,12,13);3H,1-2,6H2,(H,7,8)(H,9,10);4,6H,1-3H2,(H,7,8)/t;;4-/m..0/s1. The number of carboxylic acids is 4. The number of hydroxylamine groups is 1. The molecule has 0 spiro atoms. The molecule has 0 aromatic heterocycles. The van der Waals surface area contributed by atoms with Gasteiger partial charge in [0, 0.05) is 6.42 Å². The van der Waals surface area contributed by atoms with Gasteiger partial charge in [-0.05, 0) is 52.5 Å². The minimum absolute atomic E-state index is 0.0231. The van der Waals surface area contributed by atoms with Gasteiger partial charge in [0.05, 0.1) is 5.60 Å². The second-order valence-electron chi connectivity index (χ2n) is 8.40. The third-order valence-corrected chi connectivity index (χ3v) is 4.32. The maximum Gasteiger partial charge on any atom is 0.323 e. The van der Waals surface area contributed by atoms with E-state index in [9.17, 15) is 19.2 Å². The maximum absolute atomic E-state index is 10.9. The van der Waals surface area contributed by atoms with Gasteiger partial charge in [-0.25, -0.2) is 0 Å². The van der Waals surface area contributed by atoms with E-state index in [1.807, 2.05) is 34.6 Å². The summed E-state index contributed by atoms with van der Waals surface area (Å²) in [6.07, 6.45) is 2.36. The molecule has 188 valence electrons. The van der Waals surface area contributed by atoms with Crippen LogP contribution >= 0.6 is 0 Å². The van der Waals surface area contributed by atoms with Crippen LogP contribution in [0.2, 0.25) is 0 Å². The number of rotatable bonds is 10. The van der Waals surface area contributed by atoms with Gasteiger partial charge in [0.25, 0.3) is 0 Å². The normalized spacial score (nSPS) is 18.1. The van der Waals surface area contributed by atoms with Gasteiger partial charge in [-0.2, -0.15) is 5.48 Å². The second kappa shape index (κ2) is 16.4. The summed E-state index contributed by atoms with van der Waals surface area (Å²) >= 11 is 0. The van der Waals surface area contributed by atoms with Crippen molar-refractivity contribution < 1.29 is 44.4 Å². The number of nitrogens with two attached hydrogens (primary N) is 1. The van der Waals surface area contributed by atoms with Crippen molar-refractivity contribution in [3.8, 4) is 0 Å². The third-order valence-electron chi connectivity index (χ3n) is 4.32. The first kappa shape index (κ1) is 31.9. The minimum Gasteiger partial charge on any atom is -0.481 e. The lowest BCUT2D eigenvalue weighted by molar-refractivity contribution is -0.153. The first-order valence-electron chi connectivity index (χ1n) is 10.4. The van der Waals surface area contributed by atoms with Gasteiger partial charge in [-0.3, -0.25) is 24.0 Å². The molecule has 1 aliphatic heterocycles. The molecule has 1 fully saturated rings. The molecule has 1 heterocycles. The summed E-state index contributed by atoms with van der Waals surface area (Å²) in [6, 6.07) is -1.97. The molecule has 1 saturated heterocycles. The van der Waals surface area contributed by atoms with Crippen LogP contribution in [0.3, 0.4) is 0 Å². The topological polar surface area (TPSA) is 209 Å². The monoisotopic (exact) mass is 465 g/mol. The van der Waals surface area contributed by atoms with Gasteiger partial charge in [-0.15, -0.1) is 0 Å². The Balaban J connectivity index is 0. The summed E-state index contributed by atoms with van der Waals surface area (Å²) in [5.74, 6) is -3.74. The zero-order chi connectivity index (χ0) is 25.5. The van der Waals surface area contributed by atoms with E-state index in [0.29, 0.717) is 0 Å². The highest BCUT2D eigenvalue weighted by Gasteiger charge is 2.25. The number of aliphatic carboxylic acids is 4. The molecule has 0 aromatic carbocycles. The fourth-order valence-corrected chi connectivity index (χ4v) is 2.18. The molecule has 0 bridgehead atoms. The van der Waals surface area contributed by atoms with E-state index in [-0.39, 0.29) is 30.4 Å². The maximum atomic E-state index is 10.9. The van der Waals surface area contributed by atoms with Gasteiger partial charge in [0.15, 0.2) is 0 Å². The van der Waals surface area contributed by atoms with Crippen LogP contribution in [-0.2, 0) is 24.0 Å². The van der Waals surface area contributed by atoms with Crippen molar-refractivity contribution in [3.05, 3.63) is 0 Å². The van der Waals surface area contributed by atoms with E-state index in [4.69, 9.17) is 31.0 Å². The van der Waals surface area contributed by atoms with Crippen molar-refractivity contribution in [2.24, 2.45) is 11.7 Å². The van der Waals surface area contributed by atoms with Crippen molar-refractivity contribution in [3.63, 3.8) is 0 Å². The molecular formula is C20H39N3O9. The first-order chi connectivity index (χ1) is 14.6. The Morgan fingerprint density at radius 3 is 1.97 bits per heavy atom. The van der Waals surface area contributed by atoms with Gasteiger partial charge >= 0.3 is 23.9 Å². The average Bonchev–Trinajstić information content (AvgIpc) is 3.20. The Morgan fingerprint density at radius 2 is 1.69 bits per heavy atom. The lowest BCUT2D eigenvalue weighted by Gasteiger charge is -2.25. The quantitative estimate of drug-likeness (QED) is 0.224. The number of carboxylic acid groups (broad SMARTS) is 4. The highest BCUT2D eigenvalue weighted by atomic mass is 16.7. The zero-order valence-corrected chi connectivity index (χ0v) is 19.5. The molecule has 1 rings (SSSR count). The smallest absolute Gasteiger partial charge is 0.323 e. The molecule has 3 unspecified atom stereocenters. The van der Waals surface area contributed by atoms with Crippen LogP contribution in [0.15, 0.2) is 0 Å². The van der Waals surface area contributed by atoms with Crippen molar-refractivity contribution in [2.45, 2.75) is 90.4 Å². The largest absolute Gasteiger partial charge is 0.481 e. The Morgan fingerprint density at radius 1 is 1.12 bits per heavy atom. The summed E-state index contributed by atoms with van der Waals surface area (Å²) in [7, 11) is 0. The molecule has 1 aliphatic rings. The summed E-state index contributed by atoms with van der Waals surface area (Å²) < 4.78 is 0. The molecule has 0 aliphatic carbocycles. The van der Waals surface area contributed by atoms with Crippen LogP contribution in [-0.4, -0.2) is 74.6 Å². The van der Waals surface area contributed by atoms with Crippen LogP contribution in [0.5, 0.6) is 0 Å². The lowest BCUT2D eigenvalue weighted by Crippen LogP contribution is -2.45. The molecule has 0 saturated carbocycles. The molecule has 0 radical (unpaired) electrons. The van der Waals surface area contributed by atoms with E-state index < -0.39 is 36.0 Å². The van der Waals surface area contributed by atoms with Gasteiger partial charge in [-0.1, -0.05) is 20.3 Å². The van der Waals surface area contributed by atoms with Gasteiger partial charge in [0.1, 0.15) is 18.1 Å². The number of hydrogen-bond acceptors (Lipinski definition) is 8. The predicted molar refractivity (Wildman–Crippen MR) is 116 cm³/mol. The minimum atomic E-state index is -1.17. The summed E-state index contributed by atoms with van der Waals surface area (Å²) in [4.78, 5) is 46.1. The van der Waals surface area contributed by atoms with Crippen LogP contribution < -0.4 is 16.5 Å². The van der Waals surface area contributed by atoms with Crippen molar-refractivity contribution >= 4 is 23.9 Å². The average molecular weight is 466 g/mol. The molecule has 8 N–H and O–H groups in total. The van der Waals surface area contributed by atoms with Crippen LogP contribution in [0.1, 0.15) is 66.7 Å². The molecule has 4 atom stereocenters. The highest BCUT2D eigenvalue weighted by molar-refractivity contribution is 5.75. The van der Waals surface area contributed by atoms with Crippen molar-refractivity contribution in [1.82, 2.24) is 10.8 Å². The molecule has 12 nitrogen and oxygen atoms in total. The van der Waals surface area contributed by atoms with E-state index in [2.05, 4.69) is 10.8 Å². The SMILES string of the molecule is CCC(C)C(NOC(C)(C)C)C(=O)O.NC(CCC(=O)O)C(=O)O.O=C(O)[C@@H]1CCCN1. The fourth-order valence-electron chi connectivity index (χ4n) is 2.18. The first-order valence-corrected chi connectivity index (χ1v) is 10.4. The van der Waals surface area contributed by atoms with Crippen molar-refractivity contribution in [2.75, 3.05) is 6.54 Å². The van der Waals surface area contributed by atoms with E-state index in [1.165, 1.54) is 0 Å². The van der Waals surface area contributed by atoms with Crippen molar-refractivity contribution in [1.29, 1.82) is 0 Å². The van der Waals surface area contributed by atoms with Crippen LogP contribution in [0.25, 0.3) is 0 Å². The molecule has 12 heteroatoms. The van der Waals surface area contributed by atoms with E-state index in [0.717, 1.165) is 25.8 Å². The predicted octanol–water partition coefficient (Wildman–Crippen LogP) is 0.892. The Kier molecular flexibility index (Phi) is 16.3. The Hall–Kier alpha value is -2.28. The number of nitrogens with one attached hydrogen (secondary N) is 2. The van der Waals surface area contributed by atoms with Crippen LogP contribution in [0, 0.1) is 5.92 Å². The Bertz CT molecular complexity index is 587. The summed E-state index contributed by atoms with van der Waals surface area (Å²) in [6.45, 7) is 10.3. The molecular weight excluding hydrogens is 426 g/mol. The zero-order valence-electron chi connectivity index (χ0n) is 19.5. The van der Waals surface area contributed by atoms with E-state index in [1.54, 1.807) is 0 Å². The second-order valence-corrected chi connectivity index (χ2v) is 8.40. The van der Waals surface area contributed by atoms with Gasteiger partial charge < -0.3 is 31.5 Å². The third kappa shape index (κ3) is 17.4. The fraction of sp³-hybridized carbons (Fsp3) is 0.800. The van der Waals surface area contributed by atoms with E-state index >= 15 is 0 Å². The molecule has 0 aromatic rings.